The monoisotopic (exact) mass is 321 g/mol. The summed E-state index contributed by atoms with van der Waals surface area (Å²) in [4.78, 5) is 24.0. The molecule has 0 aliphatic heterocycles. The van der Waals surface area contributed by atoms with Crippen LogP contribution < -0.4 is 21.1 Å². The molecule has 1 aromatic rings. The zero-order valence-corrected chi connectivity index (χ0v) is 13.6. The predicted octanol–water partition coefficient (Wildman–Crippen LogP) is 0.686. The third-order valence-electron chi connectivity index (χ3n) is 2.64. The van der Waals surface area contributed by atoms with Gasteiger partial charge >= 0.3 is 19.1 Å². The maximum absolute atomic E-state index is 12.4. The van der Waals surface area contributed by atoms with Crippen molar-refractivity contribution >= 4 is 13.6 Å². The van der Waals surface area contributed by atoms with E-state index in [1.807, 2.05) is 0 Å². The van der Waals surface area contributed by atoms with Gasteiger partial charge in [0.25, 0.3) is 0 Å². The van der Waals surface area contributed by atoms with E-state index < -0.39 is 19.1 Å². The van der Waals surface area contributed by atoms with E-state index in [0.29, 0.717) is 0 Å². The summed E-state index contributed by atoms with van der Waals surface area (Å²) in [5.41, 5.74) is -1.28. The maximum Gasteiger partial charge on any atom is 0.530 e. The predicted molar refractivity (Wildman–Crippen MR) is 78.0 cm³/mol. The summed E-state index contributed by atoms with van der Waals surface area (Å²) < 4.78 is 29.6. The van der Waals surface area contributed by atoms with Gasteiger partial charge in [0.2, 0.25) is 5.75 Å². The van der Waals surface area contributed by atoms with Crippen molar-refractivity contribution in [3.63, 3.8) is 0 Å². The van der Waals surface area contributed by atoms with Crippen LogP contribution in [0.3, 0.4) is 0 Å². The highest BCUT2D eigenvalue weighted by molar-refractivity contribution is 7.48. The van der Waals surface area contributed by atoms with Crippen molar-refractivity contribution in [2.75, 3.05) is 25.6 Å². The summed E-state index contributed by atoms with van der Waals surface area (Å²) in [6.45, 7) is 3.40. The molecule has 0 aliphatic carbocycles. The molecule has 0 bridgehead atoms. The Morgan fingerprint density at radius 2 is 1.62 bits per heavy atom. The fraction of sp³-hybridized carbons (Fsp3) is 0.636. The van der Waals surface area contributed by atoms with Crippen molar-refractivity contribution in [2.24, 2.45) is 14.1 Å². The van der Waals surface area contributed by atoms with Gasteiger partial charge < -0.3 is 9.84 Å². The van der Waals surface area contributed by atoms with E-state index in [0.717, 1.165) is 4.57 Å². The Balaban J connectivity index is 3.46. The number of hydrogen-bond donors (Lipinski definition) is 1. The molecule has 1 heterocycles. The molecular weight excluding hydrogens is 301 g/mol. The summed E-state index contributed by atoms with van der Waals surface area (Å²) >= 11 is 0. The topological polar surface area (TPSA) is 101 Å². The molecule has 0 spiro atoms. The van der Waals surface area contributed by atoms with Gasteiger partial charge in [-0.15, -0.1) is 0 Å². The van der Waals surface area contributed by atoms with Gasteiger partial charge in [0.15, 0.2) is 5.82 Å². The number of hydrogen-bond acceptors (Lipinski definition) is 7. The fourth-order valence-electron chi connectivity index (χ4n) is 1.69. The number of aromatic nitrogens is 2. The average Bonchev–Trinajstić information content (AvgIpc) is 2.43. The van der Waals surface area contributed by atoms with Crippen molar-refractivity contribution in [1.82, 2.24) is 9.13 Å². The van der Waals surface area contributed by atoms with Crippen molar-refractivity contribution in [3.8, 4) is 5.75 Å². The Morgan fingerprint density at radius 1 is 1.10 bits per heavy atom. The van der Waals surface area contributed by atoms with Crippen molar-refractivity contribution in [1.29, 1.82) is 0 Å². The smallest absolute Gasteiger partial charge is 0.394 e. The molecule has 0 aliphatic rings. The van der Waals surface area contributed by atoms with Crippen molar-refractivity contribution < 1.29 is 18.1 Å². The van der Waals surface area contributed by atoms with Gasteiger partial charge in [0.05, 0.1) is 13.2 Å². The molecule has 0 saturated carbocycles. The van der Waals surface area contributed by atoms with Crippen LogP contribution in [0.4, 0.5) is 5.82 Å². The molecular formula is C11H20N3O6P. The van der Waals surface area contributed by atoms with Gasteiger partial charge in [-0.05, 0) is 13.8 Å². The molecule has 0 saturated heterocycles. The molecule has 120 valence electrons. The molecule has 1 rings (SSSR count). The van der Waals surface area contributed by atoms with E-state index in [9.17, 15) is 14.2 Å². The van der Waals surface area contributed by atoms with Crippen molar-refractivity contribution in [2.45, 2.75) is 13.8 Å². The summed E-state index contributed by atoms with van der Waals surface area (Å²) in [6.07, 6.45) is 0. The first-order valence-corrected chi connectivity index (χ1v) is 7.83. The van der Waals surface area contributed by atoms with Gasteiger partial charge in [-0.1, -0.05) is 0 Å². The molecule has 0 radical (unpaired) electrons. The van der Waals surface area contributed by atoms with Crippen LogP contribution in [0, 0.1) is 0 Å². The second-order valence-corrected chi connectivity index (χ2v) is 5.60. The number of nitrogens with one attached hydrogen (secondary N) is 1. The van der Waals surface area contributed by atoms with Crippen LogP contribution >= 0.6 is 7.82 Å². The quantitative estimate of drug-likeness (QED) is 0.737. The number of anilines is 1. The largest absolute Gasteiger partial charge is 0.530 e. The first-order valence-electron chi connectivity index (χ1n) is 6.37. The summed E-state index contributed by atoms with van der Waals surface area (Å²) in [7, 11) is 0.322. The lowest BCUT2D eigenvalue weighted by atomic mass is 10.5. The molecule has 21 heavy (non-hydrogen) atoms. The third kappa shape index (κ3) is 3.55. The molecule has 1 N–H and O–H groups in total. The van der Waals surface area contributed by atoms with Crippen LogP contribution in [0.5, 0.6) is 5.75 Å². The van der Waals surface area contributed by atoms with E-state index >= 15 is 0 Å². The van der Waals surface area contributed by atoms with Crippen LogP contribution in [-0.4, -0.2) is 29.4 Å². The minimum Gasteiger partial charge on any atom is -0.394 e. The van der Waals surface area contributed by atoms with Crippen LogP contribution in [0.25, 0.3) is 0 Å². The van der Waals surface area contributed by atoms with E-state index in [4.69, 9.17) is 13.6 Å². The van der Waals surface area contributed by atoms with Gasteiger partial charge in [0, 0.05) is 21.1 Å². The van der Waals surface area contributed by atoms with Crippen LogP contribution in [-0.2, 0) is 27.7 Å². The standard InChI is InChI=1S/C11H20N3O6P/c1-6-18-21(17,19-7-2)20-8-9(12-3)13(4)11(16)14(5)10(8)15/h12H,6-7H2,1-5H3. The highest BCUT2D eigenvalue weighted by Gasteiger charge is 2.31. The Kier molecular flexibility index (Phi) is 5.77. The van der Waals surface area contributed by atoms with E-state index in [-0.39, 0.29) is 24.8 Å². The Hall–Kier alpha value is -1.57. The van der Waals surface area contributed by atoms with Gasteiger partial charge in [-0.3, -0.25) is 23.0 Å². The van der Waals surface area contributed by atoms with Gasteiger partial charge in [0.1, 0.15) is 0 Å². The highest BCUT2D eigenvalue weighted by Crippen LogP contribution is 2.49. The van der Waals surface area contributed by atoms with Crippen molar-refractivity contribution in [3.05, 3.63) is 20.8 Å². The lowest BCUT2D eigenvalue weighted by Gasteiger charge is -2.20. The summed E-state index contributed by atoms with van der Waals surface area (Å²) in [5, 5.41) is 2.67. The molecule has 0 fully saturated rings. The normalized spacial score (nSPS) is 11.5. The summed E-state index contributed by atoms with van der Waals surface area (Å²) in [5.74, 6) is -0.213. The molecule has 0 aromatic carbocycles. The zero-order chi connectivity index (χ0) is 16.2. The highest BCUT2D eigenvalue weighted by atomic mass is 31.2. The Bertz CT molecular complexity index is 655. The lowest BCUT2D eigenvalue weighted by Crippen LogP contribution is -2.38. The SMILES string of the molecule is CCOP(=O)(OCC)Oc1c(NC)n(C)c(=O)n(C)c1=O. The first kappa shape index (κ1) is 17.5. The second-order valence-electron chi connectivity index (χ2n) is 4.01. The number of phosphoric acid groups is 1. The van der Waals surface area contributed by atoms with Gasteiger partial charge in [-0.2, -0.15) is 0 Å². The maximum atomic E-state index is 12.4. The van der Waals surface area contributed by atoms with Crippen LogP contribution in [0.1, 0.15) is 13.8 Å². The van der Waals surface area contributed by atoms with E-state index in [1.165, 1.54) is 25.7 Å². The fourth-order valence-corrected chi connectivity index (χ4v) is 2.90. The van der Waals surface area contributed by atoms with E-state index in [2.05, 4.69) is 5.32 Å². The van der Waals surface area contributed by atoms with Gasteiger partial charge in [-0.25, -0.2) is 9.36 Å². The zero-order valence-electron chi connectivity index (χ0n) is 12.7. The molecule has 10 heteroatoms. The second kappa shape index (κ2) is 6.93. The summed E-state index contributed by atoms with van der Waals surface area (Å²) in [6, 6.07) is 0. The first-order chi connectivity index (χ1) is 9.81. The Labute approximate surface area is 122 Å². The number of rotatable bonds is 7. The third-order valence-corrected chi connectivity index (χ3v) is 4.19. The Morgan fingerprint density at radius 3 is 2.05 bits per heavy atom. The molecule has 9 nitrogen and oxygen atoms in total. The average molecular weight is 321 g/mol. The minimum absolute atomic E-state index is 0.0816. The van der Waals surface area contributed by atoms with E-state index in [1.54, 1.807) is 13.8 Å². The van der Waals surface area contributed by atoms with Crippen LogP contribution in [0.15, 0.2) is 9.59 Å². The number of nitrogens with zero attached hydrogens (tertiary/aromatic N) is 2. The van der Waals surface area contributed by atoms with Crippen LogP contribution in [0.2, 0.25) is 0 Å². The lowest BCUT2D eigenvalue weighted by molar-refractivity contribution is 0.166. The molecule has 0 unspecified atom stereocenters. The molecule has 0 amide bonds. The molecule has 1 aromatic heterocycles. The molecule has 0 atom stereocenters. The minimum atomic E-state index is -3.93. The number of phosphoric ester groups is 1.